The number of nitrogens with one attached hydrogen (secondary N) is 1. The van der Waals surface area contributed by atoms with Gasteiger partial charge in [0.05, 0.1) is 9.90 Å². The van der Waals surface area contributed by atoms with Crippen molar-refractivity contribution in [1.29, 1.82) is 0 Å². The van der Waals surface area contributed by atoms with Crippen molar-refractivity contribution in [1.82, 2.24) is 9.88 Å². The van der Waals surface area contributed by atoms with Crippen molar-refractivity contribution in [2.45, 2.75) is 30.6 Å². The Kier molecular flexibility index (Phi) is 5.87. The van der Waals surface area contributed by atoms with Gasteiger partial charge in [-0.25, -0.2) is 13.4 Å². The van der Waals surface area contributed by atoms with Gasteiger partial charge in [-0.3, -0.25) is 9.52 Å². The first kappa shape index (κ1) is 20.6. The number of anilines is 1. The Hall–Kier alpha value is -2.71. The fourth-order valence-corrected chi connectivity index (χ4v) is 5.42. The first-order valence-electron chi connectivity index (χ1n) is 9.80. The number of carbonyl (C=O) groups is 1. The van der Waals surface area contributed by atoms with Crippen LogP contribution in [0.2, 0.25) is 0 Å². The van der Waals surface area contributed by atoms with Crippen molar-refractivity contribution in [3.05, 3.63) is 76.2 Å². The van der Waals surface area contributed by atoms with Gasteiger partial charge in [-0.15, -0.1) is 11.3 Å². The zero-order valence-corrected chi connectivity index (χ0v) is 18.2. The number of rotatable bonds is 5. The first-order chi connectivity index (χ1) is 14.4. The van der Waals surface area contributed by atoms with Crippen LogP contribution < -0.4 is 4.72 Å². The van der Waals surface area contributed by atoms with Gasteiger partial charge in [-0.2, -0.15) is 0 Å². The summed E-state index contributed by atoms with van der Waals surface area (Å²) in [6, 6.07) is 13.3. The van der Waals surface area contributed by atoms with E-state index >= 15 is 0 Å². The number of carbonyl (C=O) groups excluding carboxylic acids is 1. The number of aryl methyl sites for hydroxylation is 1. The first-order valence-corrected chi connectivity index (χ1v) is 12.2. The number of sulfonamides is 1. The number of nitrogens with zero attached hydrogens (tertiary/aromatic N) is 2. The smallest absolute Gasteiger partial charge is 0.261 e. The van der Waals surface area contributed by atoms with E-state index < -0.39 is 10.0 Å². The van der Waals surface area contributed by atoms with Gasteiger partial charge in [0.25, 0.3) is 15.9 Å². The molecule has 0 spiro atoms. The SMILES string of the molecule is Cc1ccc(NS(=O)(=O)c2ccc(C(=O)N3CCCC(c4nccs4)C3)cc2)cc1. The summed E-state index contributed by atoms with van der Waals surface area (Å²) in [7, 11) is -3.71. The van der Waals surface area contributed by atoms with Crippen LogP contribution >= 0.6 is 11.3 Å². The quantitative estimate of drug-likeness (QED) is 0.641. The molecule has 1 atom stereocenters. The molecule has 1 aliphatic heterocycles. The Bertz CT molecular complexity index is 1110. The fraction of sp³-hybridized carbons (Fsp3) is 0.273. The van der Waals surface area contributed by atoms with Gasteiger partial charge in [0.2, 0.25) is 0 Å². The number of amides is 1. The Balaban J connectivity index is 1.46. The summed E-state index contributed by atoms with van der Waals surface area (Å²) in [6.45, 7) is 3.28. The van der Waals surface area contributed by atoms with Crippen LogP contribution in [0.4, 0.5) is 5.69 Å². The summed E-state index contributed by atoms with van der Waals surface area (Å²) in [5, 5.41) is 3.02. The summed E-state index contributed by atoms with van der Waals surface area (Å²) >= 11 is 1.62. The number of aromatic nitrogens is 1. The van der Waals surface area contributed by atoms with Gasteiger partial charge in [0.15, 0.2) is 0 Å². The van der Waals surface area contributed by atoms with Crippen molar-refractivity contribution >= 4 is 33.0 Å². The van der Waals surface area contributed by atoms with E-state index in [-0.39, 0.29) is 16.7 Å². The molecule has 1 N–H and O–H groups in total. The Morgan fingerprint density at radius 3 is 2.53 bits per heavy atom. The Morgan fingerprint density at radius 2 is 1.87 bits per heavy atom. The van der Waals surface area contributed by atoms with Crippen LogP contribution in [0.15, 0.2) is 65.0 Å². The maximum atomic E-state index is 12.9. The van der Waals surface area contributed by atoms with Crippen molar-refractivity contribution in [2.75, 3.05) is 17.8 Å². The average molecular weight is 442 g/mol. The van der Waals surface area contributed by atoms with Crippen LogP contribution in [0.5, 0.6) is 0 Å². The maximum absolute atomic E-state index is 12.9. The molecule has 2 aromatic carbocycles. The molecule has 1 fully saturated rings. The van der Waals surface area contributed by atoms with Crippen molar-refractivity contribution < 1.29 is 13.2 Å². The predicted molar refractivity (Wildman–Crippen MR) is 118 cm³/mol. The molecular weight excluding hydrogens is 418 g/mol. The fourth-order valence-electron chi connectivity index (χ4n) is 3.59. The van der Waals surface area contributed by atoms with E-state index in [1.54, 1.807) is 41.8 Å². The number of hydrogen-bond acceptors (Lipinski definition) is 5. The highest BCUT2D eigenvalue weighted by Gasteiger charge is 2.27. The lowest BCUT2D eigenvalue weighted by atomic mass is 9.98. The third-order valence-electron chi connectivity index (χ3n) is 5.22. The normalized spacial score (nSPS) is 17.0. The van der Waals surface area contributed by atoms with E-state index in [1.807, 2.05) is 29.3 Å². The zero-order chi connectivity index (χ0) is 21.1. The van der Waals surface area contributed by atoms with Crippen LogP contribution in [0.25, 0.3) is 0 Å². The van der Waals surface area contributed by atoms with Crippen LogP contribution in [0.3, 0.4) is 0 Å². The Labute approximate surface area is 180 Å². The molecule has 1 aliphatic rings. The molecule has 4 rings (SSSR count). The lowest BCUT2D eigenvalue weighted by molar-refractivity contribution is 0.0707. The molecule has 0 bridgehead atoms. The number of likely N-dealkylation sites (tertiary alicyclic amines) is 1. The molecule has 156 valence electrons. The van der Waals surface area contributed by atoms with Gasteiger partial charge in [-0.1, -0.05) is 17.7 Å². The van der Waals surface area contributed by atoms with Crippen molar-refractivity contribution in [2.24, 2.45) is 0 Å². The molecule has 0 saturated carbocycles. The monoisotopic (exact) mass is 441 g/mol. The van der Waals surface area contributed by atoms with Crippen molar-refractivity contribution in [3.63, 3.8) is 0 Å². The van der Waals surface area contributed by atoms with Crippen LogP contribution in [0.1, 0.15) is 39.7 Å². The number of thiazole rings is 1. The predicted octanol–water partition coefficient (Wildman–Crippen LogP) is 4.27. The highest BCUT2D eigenvalue weighted by atomic mass is 32.2. The van der Waals surface area contributed by atoms with Gasteiger partial charge >= 0.3 is 0 Å². The molecule has 2 heterocycles. The van der Waals surface area contributed by atoms with Crippen LogP contribution in [0, 0.1) is 6.92 Å². The molecule has 1 aromatic heterocycles. The van der Waals surface area contributed by atoms with E-state index in [9.17, 15) is 13.2 Å². The zero-order valence-electron chi connectivity index (χ0n) is 16.6. The molecule has 8 heteroatoms. The third kappa shape index (κ3) is 4.55. The molecule has 3 aromatic rings. The molecule has 6 nitrogen and oxygen atoms in total. The van der Waals surface area contributed by atoms with E-state index in [2.05, 4.69) is 9.71 Å². The minimum atomic E-state index is -3.71. The topological polar surface area (TPSA) is 79.4 Å². The summed E-state index contributed by atoms with van der Waals surface area (Å²) in [6.07, 6.45) is 3.76. The summed E-state index contributed by atoms with van der Waals surface area (Å²) in [4.78, 5) is 19.3. The number of piperidine rings is 1. The summed E-state index contributed by atoms with van der Waals surface area (Å²) < 4.78 is 27.8. The van der Waals surface area contributed by atoms with E-state index in [1.165, 1.54) is 12.1 Å². The average Bonchev–Trinajstić information content (AvgIpc) is 3.30. The second-order valence-electron chi connectivity index (χ2n) is 7.46. The van der Waals surface area contributed by atoms with Crippen molar-refractivity contribution in [3.8, 4) is 0 Å². The molecule has 0 aliphatic carbocycles. The minimum absolute atomic E-state index is 0.0771. The van der Waals surface area contributed by atoms with Gasteiger partial charge < -0.3 is 4.90 Å². The van der Waals surface area contributed by atoms with E-state index in [0.717, 1.165) is 23.4 Å². The lowest BCUT2D eigenvalue weighted by Gasteiger charge is -2.32. The maximum Gasteiger partial charge on any atom is 0.261 e. The molecular formula is C22H23N3O3S2. The molecule has 1 unspecified atom stereocenters. The standard InChI is InChI=1S/C22H23N3O3S2/c1-16-4-8-19(9-5-16)24-30(27,28)20-10-6-17(7-11-20)22(26)25-13-2-3-18(15-25)21-23-12-14-29-21/h4-12,14,18,24H,2-3,13,15H2,1H3. The summed E-state index contributed by atoms with van der Waals surface area (Å²) in [5.41, 5.74) is 2.04. The lowest BCUT2D eigenvalue weighted by Crippen LogP contribution is -2.39. The van der Waals surface area contributed by atoms with Gasteiger partial charge in [-0.05, 0) is 56.2 Å². The third-order valence-corrected chi connectivity index (χ3v) is 7.56. The van der Waals surface area contributed by atoms with Crippen LogP contribution in [-0.2, 0) is 10.0 Å². The molecule has 0 radical (unpaired) electrons. The second kappa shape index (κ2) is 8.57. The molecule has 1 saturated heterocycles. The molecule has 1 amide bonds. The minimum Gasteiger partial charge on any atom is -0.338 e. The van der Waals surface area contributed by atoms with E-state index in [0.29, 0.717) is 24.3 Å². The van der Waals surface area contributed by atoms with E-state index in [4.69, 9.17) is 0 Å². The summed E-state index contributed by atoms with van der Waals surface area (Å²) in [5.74, 6) is 0.188. The number of hydrogen-bond donors (Lipinski definition) is 1. The highest BCUT2D eigenvalue weighted by molar-refractivity contribution is 7.92. The highest BCUT2D eigenvalue weighted by Crippen LogP contribution is 2.29. The van der Waals surface area contributed by atoms with Gasteiger partial charge in [0.1, 0.15) is 0 Å². The van der Waals surface area contributed by atoms with Gasteiger partial charge in [0, 0.05) is 41.8 Å². The largest absolute Gasteiger partial charge is 0.338 e. The number of benzene rings is 2. The second-order valence-corrected chi connectivity index (χ2v) is 10.1. The Morgan fingerprint density at radius 1 is 1.13 bits per heavy atom. The van der Waals surface area contributed by atoms with Crippen LogP contribution in [-0.4, -0.2) is 37.3 Å². The molecule has 30 heavy (non-hydrogen) atoms.